The lowest BCUT2D eigenvalue weighted by Gasteiger charge is -2.22. The lowest BCUT2D eigenvalue weighted by atomic mass is 9.97. The molecular formula is C13H24N2O5S. The van der Waals surface area contributed by atoms with E-state index in [2.05, 4.69) is 5.32 Å². The molecule has 7 nitrogen and oxygen atoms in total. The lowest BCUT2D eigenvalue weighted by Crippen LogP contribution is -2.47. The van der Waals surface area contributed by atoms with Crippen LogP contribution in [0.15, 0.2) is 0 Å². The largest absolute Gasteiger partial charge is 0.481 e. The number of hydrogen-bond donors (Lipinski definition) is 2. The second-order valence-electron chi connectivity index (χ2n) is 5.94. The number of carbonyl (C=O) groups excluding carboxylic acids is 1. The molecule has 0 aromatic carbocycles. The molecule has 8 heteroatoms. The van der Waals surface area contributed by atoms with Crippen LogP contribution in [0.4, 0.5) is 0 Å². The van der Waals surface area contributed by atoms with Crippen LogP contribution in [0.25, 0.3) is 0 Å². The summed E-state index contributed by atoms with van der Waals surface area (Å²) in [6.07, 6.45) is 2.66. The molecule has 1 fully saturated rings. The van der Waals surface area contributed by atoms with Crippen LogP contribution >= 0.6 is 0 Å². The summed E-state index contributed by atoms with van der Waals surface area (Å²) in [5.41, 5.74) is 0. The molecule has 0 saturated carbocycles. The van der Waals surface area contributed by atoms with Crippen LogP contribution in [0, 0.1) is 11.8 Å². The van der Waals surface area contributed by atoms with Gasteiger partial charge in [0.25, 0.3) is 0 Å². The van der Waals surface area contributed by atoms with Gasteiger partial charge in [-0.05, 0) is 25.2 Å². The van der Waals surface area contributed by atoms with E-state index in [0.29, 0.717) is 25.8 Å². The fourth-order valence-electron chi connectivity index (χ4n) is 2.58. The minimum atomic E-state index is -3.41. The second kappa shape index (κ2) is 7.22. The van der Waals surface area contributed by atoms with Crippen molar-refractivity contribution in [2.45, 2.75) is 39.2 Å². The van der Waals surface area contributed by atoms with Gasteiger partial charge in [0, 0.05) is 13.1 Å². The van der Waals surface area contributed by atoms with Gasteiger partial charge in [0.2, 0.25) is 15.9 Å². The first-order chi connectivity index (χ1) is 9.62. The summed E-state index contributed by atoms with van der Waals surface area (Å²) < 4.78 is 24.4. The van der Waals surface area contributed by atoms with Gasteiger partial charge in [0.05, 0.1) is 12.2 Å². The Kier molecular flexibility index (Phi) is 6.15. The van der Waals surface area contributed by atoms with Crippen LogP contribution in [-0.2, 0) is 19.6 Å². The predicted molar refractivity (Wildman–Crippen MR) is 78.2 cm³/mol. The van der Waals surface area contributed by atoms with Gasteiger partial charge in [-0.15, -0.1) is 0 Å². The third-order valence-corrected chi connectivity index (χ3v) is 4.85. The standard InChI is InChI=1S/C13H24N2O5S/c1-9(2)7-10(13(17)18)8-14-12(16)11-5-4-6-15(11)21(3,19)20/h9-11H,4-8H2,1-3H3,(H,14,16)(H,17,18)/t10-,11-/m1/s1. The van der Waals surface area contributed by atoms with E-state index in [0.717, 1.165) is 6.26 Å². The van der Waals surface area contributed by atoms with Crippen LogP contribution in [-0.4, -0.2) is 55.1 Å². The summed E-state index contributed by atoms with van der Waals surface area (Å²) in [6, 6.07) is -0.714. The van der Waals surface area contributed by atoms with E-state index in [1.54, 1.807) is 0 Å². The smallest absolute Gasteiger partial charge is 0.308 e. The highest BCUT2D eigenvalue weighted by atomic mass is 32.2. The van der Waals surface area contributed by atoms with Crippen molar-refractivity contribution in [2.75, 3.05) is 19.3 Å². The van der Waals surface area contributed by atoms with Crippen molar-refractivity contribution in [3.8, 4) is 0 Å². The van der Waals surface area contributed by atoms with Crippen molar-refractivity contribution in [3.05, 3.63) is 0 Å². The third kappa shape index (κ3) is 5.28. The van der Waals surface area contributed by atoms with E-state index in [1.165, 1.54) is 4.31 Å². The maximum atomic E-state index is 12.1. The number of nitrogens with one attached hydrogen (secondary N) is 1. The van der Waals surface area contributed by atoms with Gasteiger partial charge in [0.1, 0.15) is 6.04 Å². The zero-order valence-electron chi connectivity index (χ0n) is 12.7. The molecule has 1 aliphatic rings. The molecule has 0 aliphatic carbocycles. The quantitative estimate of drug-likeness (QED) is 0.701. The Labute approximate surface area is 125 Å². The molecule has 122 valence electrons. The summed E-state index contributed by atoms with van der Waals surface area (Å²) in [6.45, 7) is 4.20. The van der Waals surface area contributed by atoms with E-state index in [1.807, 2.05) is 13.8 Å². The first kappa shape index (κ1) is 17.9. The molecule has 0 aromatic rings. The number of carboxylic acids is 1. The maximum absolute atomic E-state index is 12.1. The number of amides is 1. The topological polar surface area (TPSA) is 104 Å². The number of carboxylic acid groups (broad SMARTS) is 1. The maximum Gasteiger partial charge on any atom is 0.308 e. The molecular weight excluding hydrogens is 296 g/mol. The van der Waals surface area contributed by atoms with E-state index in [-0.39, 0.29) is 12.5 Å². The van der Waals surface area contributed by atoms with Gasteiger partial charge in [0.15, 0.2) is 0 Å². The van der Waals surface area contributed by atoms with Crippen molar-refractivity contribution in [2.24, 2.45) is 11.8 Å². The van der Waals surface area contributed by atoms with Gasteiger partial charge in [-0.3, -0.25) is 9.59 Å². The summed E-state index contributed by atoms with van der Waals surface area (Å²) >= 11 is 0. The summed E-state index contributed by atoms with van der Waals surface area (Å²) in [5.74, 6) is -1.80. The Hall–Kier alpha value is -1.15. The molecule has 1 aliphatic heterocycles. The Balaban J connectivity index is 2.62. The Morgan fingerprint density at radius 2 is 2.00 bits per heavy atom. The molecule has 0 spiro atoms. The van der Waals surface area contributed by atoms with Crippen molar-refractivity contribution in [1.29, 1.82) is 0 Å². The number of hydrogen-bond acceptors (Lipinski definition) is 4. The first-order valence-corrected chi connectivity index (χ1v) is 8.95. The van der Waals surface area contributed by atoms with Gasteiger partial charge in [-0.25, -0.2) is 8.42 Å². The van der Waals surface area contributed by atoms with E-state index in [9.17, 15) is 18.0 Å². The second-order valence-corrected chi connectivity index (χ2v) is 7.88. The van der Waals surface area contributed by atoms with Crippen LogP contribution in [0.2, 0.25) is 0 Å². The van der Waals surface area contributed by atoms with Gasteiger partial charge in [-0.1, -0.05) is 13.8 Å². The van der Waals surface area contributed by atoms with E-state index in [4.69, 9.17) is 5.11 Å². The average molecular weight is 320 g/mol. The normalized spacial score (nSPS) is 21.4. The van der Waals surface area contributed by atoms with Crippen molar-refractivity contribution >= 4 is 21.9 Å². The molecule has 1 heterocycles. The van der Waals surface area contributed by atoms with Crippen molar-refractivity contribution < 1.29 is 23.1 Å². The zero-order chi connectivity index (χ0) is 16.2. The van der Waals surface area contributed by atoms with Gasteiger partial charge < -0.3 is 10.4 Å². The van der Waals surface area contributed by atoms with Crippen LogP contribution < -0.4 is 5.32 Å². The molecule has 1 amide bonds. The van der Waals surface area contributed by atoms with Crippen LogP contribution in [0.3, 0.4) is 0 Å². The molecule has 1 saturated heterocycles. The lowest BCUT2D eigenvalue weighted by molar-refractivity contribution is -0.142. The zero-order valence-corrected chi connectivity index (χ0v) is 13.5. The summed E-state index contributed by atoms with van der Waals surface area (Å²) in [7, 11) is -3.41. The number of nitrogens with zero attached hydrogens (tertiary/aromatic N) is 1. The summed E-state index contributed by atoms with van der Waals surface area (Å²) in [5, 5.41) is 11.7. The number of sulfonamides is 1. The first-order valence-electron chi connectivity index (χ1n) is 7.10. The fraction of sp³-hybridized carbons (Fsp3) is 0.846. The molecule has 2 atom stereocenters. The number of carbonyl (C=O) groups is 2. The molecule has 0 aromatic heterocycles. The Bertz CT molecular complexity index is 489. The monoisotopic (exact) mass is 320 g/mol. The van der Waals surface area contributed by atoms with Gasteiger partial charge in [-0.2, -0.15) is 4.31 Å². The van der Waals surface area contributed by atoms with Crippen molar-refractivity contribution in [3.63, 3.8) is 0 Å². The van der Waals surface area contributed by atoms with E-state index >= 15 is 0 Å². The Morgan fingerprint density at radius 1 is 1.38 bits per heavy atom. The molecule has 1 rings (SSSR count). The molecule has 0 radical (unpaired) electrons. The van der Waals surface area contributed by atoms with Gasteiger partial charge >= 0.3 is 5.97 Å². The molecule has 2 N–H and O–H groups in total. The number of rotatable bonds is 7. The van der Waals surface area contributed by atoms with E-state index < -0.39 is 33.9 Å². The molecule has 21 heavy (non-hydrogen) atoms. The van der Waals surface area contributed by atoms with Crippen molar-refractivity contribution in [1.82, 2.24) is 9.62 Å². The third-order valence-electron chi connectivity index (χ3n) is 3.56. The van der Waals surface area contributed by atoms with Crippen LogP contribution in [0.5, 0.6) is 0 Å². The SMILES string of the molecule is CC(C)C[C@H](CNC(=O)[C@H]1CCCN1S(C)(=O)=O)C(=O)O. The minimum absolute atomic E-state index is 0.0282. The Morgan fingerprint density at radius 3 is 2.48 bits per heavy atom. The highest BCUT2D eigenvalue weighted by molar-refractivity contribution is 7.88. The predicted octanol–water partition coefficient (Wildman–Crippen LogP) is 0.274. The highest BCUT2D eigenvalue weighted by Gasteiger charge is 2.36. The highest BCUT2D eigenvalue weighted by Crippen LogP contribution is 2.20. The minimum Gasteiger partial charge on any atom is -0.481 e. The molecule has 0 bridgehead atoms. The number of aliphatic carboxylic acids is 1. The fourth-order valence-corrected chi connectivity index (χ4v) is 3.71. The molecule has 0 unspecified atom stereocenters. The summed E-state index contributed by atoms with van der Waals surface area (Å²) in [4.78, 5) is 23.2. The average Bonchev–Trinajstić information content (AvgIpc) is 2.82. The van der Waals surface area contributed by atoms with Crippen LogP contribution in [0.1, 0.15) is 33.1 Å².